The number of ether oxygens (including phenoxy) is 2. The van der Waals surface area contributed by atoms with Crippen LogP contribution in [-0.2, 0) is 27.7 Å². The summed E-state index contributed by atoms with van der Waals surface area (Å²) in [6, 6.07) is 2.58. The molecule has 4 rings (SSSR count). The van der Waals surface area contributed by atoms with E-state index in [-0.39, 0.29) is 11.6 Å². The van der Waals surface area contributed by atoms with E-state index in [4.69, 9.17) is 45.6 Å². The Morgan fingerprint density at radius 1 is 0.810 bits per heavy atom. The summed E-state index contributed by atoms with van der Waals surface area (Å²) < 4.78 is 42.3. The van der Waals surface area contributed by atoms with Crippen LogP contribution in [0.25, 0.3) is 0 Å². The van der Waals surface area contributed by atoms with Crippen molar-refractivity contribution in [1.29, 1.82) is 0 Å². The van der Waals surface area contributed by atoms with E-state index in [0.29, 0.717) is 0 Å². The molecular formula is C18H28N6O16P2. The van der Waals surface area contributed by atoms with Crippen molar-refractivity contribution in [3.8, 4) is 0 Å². The van der Waals surface area contributed by atoms with E-state index in [1.165, 1.54) is 24.5 Å². The SMILES string of the molecule is Nc1ccn([C@H]2O[C@@H](CO)[C@H](OP(=O)(O)O)[C@@H]2O)c(=O)n1.Nc1ccn([C@H]2O[C@@H](COP(=O)(O)O)[C@H](O)[C@@H]2O)c(=O)n1. The number of phosphoric acid groups is 2. The maximum absolute atomic E-state index is 11.7. The molecule has 0 saturated carbocycles. The quantitative estimate of drug-likeness (QED) is 0.120. The van der Waals surface area contributed by atoms with Gasteiger partial charge in [-0.25, -0.2) is 18.7 Å². The Hall–Kier alpha value is -2.66. The van der Waals surface area contributed by atoms with Gasteiger partial charge in [0.1, 0.15) is 48.3 Å². The summed E-state index contributed by atoms with van der Waals surface area (Å²) in [6.45, 7) is -1.33. The van der Waals surface area contributed by atoms with Crippen molar-refractivity contribution in [2.24, 2.45) is 0 Å². The van der Waals surface area contributed by atoms with Crippen LogP contribution in [0.1, 0.15) is 12.5 Å². The highest BCUT2D eigenvalue weighted by atomic mass is 31.2. The summed E-state index contributed by atoms with van der Waals surface area (Å²) in [6.07, 6.45) is -8.72. The van der Waals surface area contributed by atoms with Gasteiger partial charge in [0, 0.05) is 12.4 Å². The molecule has 22 nitrogen and oxygen atoms in total. The number of rotatable bonds is 8. The summed E-state index contributed by atoms with van der Waals surface area (Å²) in [5, 5.41) is 38.8. The minimum absolute atomic E-state index is 0.0225. The van der Waals surface area contributed by atoms with E-state index in [1.54, 1.807) is 0 Å². The summed E-state index contributed by atoms with van der Waals surface area (Å²) in [5.74, 6) is -0.0591. The molecule has 12 N–H and O–H groups in total. The standard InChI is InChI=1S/2C9H14N3O8P/c10-5-1-2-12(9(15)11-5)8-6(14)7(4(3-13)19-8)20-21(16,17)18;10-5-1-2-12(9(15)11-5)8-7(14)6(13)4(20-8)3-19-21(16,17)18/h2*1-2,4,6-8,13-14H,3H2,(H2,10,11,15)(H2,16,17,18)/t2*4-,6-,7-,8-/m00/s1. The summed E-state index contributed by atoms with van der Waals surface area (Å²) >= 11 is 0. The van der Waals surface area contributed by atoms with Crippen LogP contribution in [0.3, 0.4) is 0 Å². The van der Waals surface area contributed by atoms with Gasteiger partial charge in [0.15, 0.2) is 12.5 Å². The number of phosphoric ester groups is 2. The van der Waals surface area contributed by atoms with Crippen molar-refractivity contribution in [1.82, 2.24) is 19.1 Å². The number of aliphatic hydroxyl groups is 4. The maximum Gasteiger partial charge on any atom is 0.470 e. The van der Waals surface area contributed by atoms with E-state index in [9.17, 15) is 34.0 Å². The first-order valence-electron chi connectivity index (χ1n) is 11.5. The van der Waals surface area contributed by atoms with Gasteiger partial charge in [-0.1, -0.05) is 0 Å². The Kier molecular flexibility index (Phi) is 10.7. The van der Waals surface area contributed by atoms with Gasteiger partial charge in [-0.05, 0) is 12.1 Å². The Bertz CT molecular complexity index is 1450. The van der Waals surface area contributed by atoms with Crippen molar-refractivity contribution in [3.05, 3.63) is 45.5 Å². The molecule has 8 atom stereocenters. The summed E-state index contributed by atoms with van der Waals surface area (Å²) in [4.78, 5) is 65.0. The number of nitrogens with two attached hydrogens (primary N) is 2. The van der Waals surface area contributed by atoms with E-state index in [2.05, 4.69) is 19.0 Å². The van der Waals surface area contributed by atoms with Crippen molar-refractivity contribution >= 4 is 27.3 Å². The third kappa shape index (κ3) is 8.46. The molecule has 0 bridgehead atoms. The van der Waals surface area contributed by atoms with E-state index in [0.717, 1.165) is 9.13 Å². The highest BCUT2D eigenvalue weighted by Crippen LogP contribution is 2.43. The first-order valence-corrected chi connectivity index (χ1v) is 14.6. The fourth-order valence-electron chi connectivity index (χ4n) is 3.89. The largest absolute Gasteiger partial charge is 0.470 e. The average Bonchev–Trinajstić information content (AvgIpc) is 3.32. The van der Waals surface area contributed by atoms with Gasteiger partial charge in [0.2, 0.25) is 0 Å². The third-order valence-electron chi connectivity index (χ3n) is 5.74. The molecule has 4 heterocycles. The van der Waals surface area contributed by atoms with Crippen molar-refractivity contribution in [3.63, 3.8) is 0 Å². The van der Waals surface area contributed by atoms with Gasteiger partial charge < -0.3 is 60.9 Å². The zero-order valence-corrected chi connectivity index (χ0v) is 22.8. The lowest BCUT2D eigenvalue weighted by atomic mass is 10.1. The molecule has 0 aromatic carbocycles. The molecule has 2 fully saturated rings. The van der Waals surface area contributed by atoms with Gasteiger partial charge in [-0.15, -0.1) is 0 Å². The second-order valence-electron chi connectivity index (χ2n) is 8.72. The molecule has 2 aliphatic heterocycles. The van der Waals surface area contributed by atoms with Gasteiger partial charge in [-0.3, -0.25) is 18.2 Å². The molecule has 236 valence electrons. The second-order valence-corrected chi connectivity index (χ2v) is 11.1. The third-order valence-corrected chi connectivity index (χ3v) is 6.75. The van der Waals surface area contributed by atoms with E-state index in [1.807, 2.05) is 0 Å². The van der Waals surface area contributed by atoms with Gasteiger partial charge >= 0.3 is 27.0 Å². The molecular weight excluding hydrogens is 618 g/mol. The zero-order chi connectivity index (χ0) is 31.6. The molecule has 2 aromatic heterocycles. The van der Waals surface area contributed by atoms with Crippen molar-refractivity contribution < 1.29 is 67.7 Å². The highest BCUT2D eigenvalue weighted by Gasteiger charge is 2.48. The molecule has 42 heavy (non-hydrogen) atoms. The van der Waals surface area contributed by atoms with Gasteiger partial charge in [-0.2, -0.15) is 9.97 Å². The van der Waals surface area contributed by atoms with E-state index < -0.39 is 89.3 Å². The molecule has 0 spiro atoms. The Labute approximate surface area is 233 Å². The Morgan fingerprint density at radius 2 is 1.29 bits per heavy atom. The number of hydrogen-bond donors (Lipinski definition) is 10. The topological polar surface area (TPSA) is 355 Å². The van der Waals surface area contributed by atoms with Gasteiger partial charge in [0.05, 0.1) is 13.2 Å². The van der Waals surface area contributed by atoms with Crippen LogP contribution in [0.4, 0.5) is 11.6 Å². The van der Waals surface area contributed by atoms with Crippen LogP contribution >= 0.6 is 15.6 Å². The first kappa shape index (κ1) is 33.8. The number of aromatic nitrogens is 4. The number of nitrogen functional groups attached to an aromatic ring is 2. The number of nitrogens with zero attached hydrogens (tertiary/aromatic N) is 4. The first-order chi connectivity index (χ1) is 19.4. The smallest absolute Gasteiger partial charge is 0.394 e. The maximum atomic E-state index is 11.7. The second kappa shape index (κ2) is 13.3. The van der Waals surface area contributed by atoms with E-state index >= 15 is 0 Å². The fraction of sp³-hybridized carbons (Fsp3) is 0.556. The average molecular weight is 646 g/mol. The Morgan fingerprint density at radius 3 is 1.71 bits per heavy atom. The van der Waals surface area contributed by atoms with Crippen molar-refractivity contribution in [2.45, 2.75) is 49.1 Å². The molecule has 2 aromatic rings. The summed E-state index contributed by atoms with van der Waals surface area (Å²) in [7, 11) is -9.66. The summed E-state index contributed by atoms with van der Waals surface area (Å²) in [5.41, 5.74) is 9.03. The van der Waals surface area contributed by atoms with Crippen LogP contribution in [-0.4, -0.2) is 109 Å². The van der Waals surface area contributed by atoms with Crippen LogP contribution in [0.15, 0.2) is 34.1 Å². The van der Waals surface area contributed by atoms with Crippen LogP contribution in [0, 0.1) is 0 Å². The highest BCUT2D eigenvalue weighted by molar-refractivity contribution is 7.46. The Balaban J connectivity index is 0.000000230. The monoisotopic (exact) mass is 646 g/mol. The van der Waals surface area contributed by atoms with Crippen LogP contribution < -0.4 is 22.8 Å². The lowest BCUT2D eigenvalue weighted by Crippen LogP contribution is -2.37. The number of anilines is 2. The van der Waals surface area contributed by atoms with Crippen molar-refractivity contribution in [2.75, 3.05) is 24.7 Å². The molecule has 2 aliphatic rings. The minimum Gasteiger partial charge on any atom is -0.394 e. The van der Waals surface area contributed by atoms with Crippen LogP contribution in [0.5, 0.6) is 0 Å². The fourth-order valence-corrected chi connectivity index (χ4v) is 4.81. The van der Waals surface area contributed by atoms with Crippen LogP contribution in [0.2, 0.25) is 0 Å². The predicted octanol–water partition coefficient (Wildman–Crippen LogP) is -4.89. The molecule has 2 saturated heterocycles. The predicted molar refractivity (Wildman–Crippen MR) is 134 cm³/mol. The molecule has 0 aliphatic carbocycles. The molecule has 0 unspecified atom stereocenters. The lowest BCUT2D eigenvalue weighted by molar-refractivity contribution is -0.0548. The molecule has 24 heteroatoms. The lowest BCUT2D eigenvalue weighted by Gasteiger charge is -2.20. The normalized spacial score (nSPS) is 29.7. The number of aliphatic hydroxyl groups excluding tert-OH is 4. The minimum atomic E-state index is -4.91. The molecule has 0 radical (unpaired) electrons. The number of hydrogen-bond acceptors (Lipinski definition) is 16. The van der Waals surface area contributed by atoms with Gasteiger partial charge in [0.25, 0.3) is 0 Å². The zero-order valence-electron chi connectivity index (χ0n) is 21.0. The molecule has 0 amide bonds.